The van der Waals surface area contributed by atoms with Crippen molar-refractivity contribution in [3.05, 3.63) is 52.7 Å². The first-order chi connectivity index (χ1) is 11.8. The van der Waals surface area contributed by atoms with Crippen molar-refractivity contribution in [2.75, 3.05) is 25.0 Å². The van der Waals surface area contributed by atoms with Crippen molar-refractivity contribution in [2.45, 2.75) is 31.7 Å². The van der Waals surface area contributed by atoms with Crippen LogP contribution in [0.4, 0.5) is 10.5 Å². The lowest BCUT2D eigenvalue weighted by Gasteiger charge is -2.30. The van der Waals surface area contributed by atoms with Gasteiger partial charge < -0.3 is 10.6 Å². The highest BCUT2D eigenvalue weighted by atomic mass is 32.1. The number of rotatable bonds is 5. The fraction of sp³-hybridized carbons (Fsp3) is 0.421. The zero-order chi connectivity index (χ0) is 16.6. The van der Waals surface area contributed by atoms with Crippen LogP contribution < -0.4 is 10.6 Å². The smallest absolute Gasteiger partial charge is 0.319 e. The van der Waals surface area contributed by atoms with Crippen molar-refractivity contribution < 1.29 is 4.79 Å². The monoisotopic (exact) mass is 343 g/mol. The van der Waals surface area contributed by atoms with E-state index in [0.717, 1.165) is 18.8 Å². The van der Waals surface area contributed by atoms with Gasteiger partial charge in [-0.15, -0.1) is 0 Å². The molecule has 3 rings (SSSR count). The summed E-state index contributed by atoms with van der Waals surface area (Å²) in [5.74, 6) is 0. The molecule has 2 amide bonds. The molecule has 2 aromatic rings. The summed E-state index contributed by atoms with van der Waals surface area (Å²) in [5, 5.41) is 10.3. The normalized spacial score (nSPS) is 17.0. The molecule has 1 aromatic heterocycles. The fourth-order valence-corrected chi connectivity index (χ4v) is 3.92. The summed E-state index contributed by atoms with van der Waals surface area (Å²) in [4.78, 5) is 14.7. The Balaban J connectivity index is 1.60. The Bertz CT molecular complexity index is 607. The highest BCUT2D eigenvalue weighted by molar-refractivity contribution is 7.07. The van der Waals surface area contributed by atoms with E-state index in [1.54, 1.807) is 11.3 Å². The Morgan fingerprint density at radius 1 is 1.08 bits per heavy atom. The number of urea groups is 1. The van der Waals surface area contributed by atoms with Crippen molar-refractivity contribution in [1.29, 1.82) is 0 Å². The Kier molecular flexibility index (Phi) is 6.26. The zero-order valence-corrected chi connectivity index (χ0v) is 14.7. The summed E-state index contributed by atoms with van der Waals surface area (Å²) in [6.07, 6.45) is 5.12. The van der Waals surface area contributed by atoms with Crippen LogP contribution in [0.3, 0.4) is 0 Å². The highest BCUT2D eigenvalue weighted by Crippen LogP contribution is 2.25. The number of nitrogens with one attached hydrogen (secondary N) is 2. The first-order valence-electron chi connectivity index (χ1n) is 8.69. The van der Waals surface area contributed by atoms with Crippen molar-refractivity contribution in [3.8, 4) is 0 Å². The number of thiophene rings is 1. The number of hydrogen-bond acceptors (Lipinski definition) is 3. The third kappa shape index (κ3) is 4.82. The highest BCUT2D eigenvalue weighted by Gasteiger charge is 2.22. The van der Waals surface area contributed by atoms with E-state index < -0.39 is 0 Å². The lowest BCUT2D eigenvalue weighted by Crippen LogP contribution is -2.40. The van der Waals surface area contributed by atoms with Crippen LogP contribution in [0, 0.1) is 0 Å². The van der Waals surface area contributed by atoms with Crippen LogP contribution in [-0.2, 0) is 0 Å². The molecule has 0 radical (unpaired) electrons. The van der Waals surface area contributed by atoms with E-state index in [-0.39, 0.29) is 12.1 Å². The fourth-order valence-electron chi connectivity index (χ4n) is 3.22. The quantitative estimate of drug-likeness (QED) is 0.840. The summed E-state index contributed by atoms with van der Waals surface area (Å²) in [7, 11) is 0. The van der Waals surface area contributed by atoms with Gasteiger partial charge >= 0.3 is 6.03 Å². The van der Waals surface area contributed by atoms with Gasteiger partial charge in [0, 0.05) is 12.2 Å². The molecule has 4 nitrogen and oxygen atoms in total. The van der Waals surface area contributed by atoms with E-state index >= 15 is 0 Å². The number of benzene rings is 1. The van der Waals surface area contributed by atoms with Crippen LogP contribution in [0.1, 0.15) is 37.3 Å². The standard InChI is InChI=1S/C19H25N3OS/c23-19(21-17-8-4-3-5-9-17)20-14-18(16-10-13-24-15-16)22-11-6-1-2-7-12-22/h3-5,8-10,13,15,18H,1-2,6-7,11-12,14H2,(H2,20,21,23)/t18-/m1/s1. The molecule has 5 heteroatoms. The lowest BCUT2D eigenvalue weighted by atomic mass is 10.1. The molecule has 1 fully saturated rings. The summed E-state index contributed by atoms with van der Waals surface area (Å²) in [6, 6.07) is 11.9. The molecule has 128 valence electrons. The molecule has 1 saturated heterocycles. The van der Waals surface area contributed by atoms with E-state index in [0.29, 0.717) is 6.54 Å². The third-order valence-corrected chi connectivity index (χ3v) is 5.20. The van der Waals surface area contributed by atoms with Crippen LogP contribution in [0.15, 0.2) is 47.2 Å². The molecule has 24 heavy (non-hydrogen) atoms. The minimum atomic E-state index is -0.142. The SMILES string of the molecule is O=C(NC[C@H](c1ccsc1)N1CCCCCC1)Nc1ccccc1. The van der Waals surface area contributed by atoms with Gasteiger partial charge in [-0.05, 0) is 60.5 Å². The largest absolute Gasteiger partial charge is 0.336 e. The van der Waals surface area contributed by atoms with Gasteiger partial charge in [0.05, 0.1) is 6.04 Å². The molecule has 0 unspecified atom stereocenters. The summed E-state index contributed by atoms with van der Waals surface area (Å²) in [5.41, 5.74) is 2.12. The van der Waals surface area contributed by atoms with E-state index in [1.807, 2.05) is 30.3 Å². The number of hydrogen-bond donors (Lipinski definition) is 2. The molecule has 0 aliphatic carbocycles. The van der Waals surface area contributed by atoms with Gasteiger partial charge in [-0.2, -0.15) is 11.3 Å². The molecular weight excluding hydrogens is 318 g/mol. The average molecular weight is 343 g/mol. The van der Waals surface area contributed by atoms with Crippen molar-refractivity contribution in [1.82, 2.24) is 10.2 Å². The molecule has 0 bridgehead atoms. The number of carbonyl (C=O) groups is 1. The van der Waals surface area contributed by atoms with Gasteiger partial charge in [-0.1, -0.05) is 31.0 Å². The Morgan fingerprint density at radius 2 is 1.83 bits per heavy atom. The maximum Gasteiger partial charge on any atom is 0.319 e. The van der Waals surface area contributed by atoms with E-state index in [9.17, 15) is 4.79 Å². The van der Waals surface area contributed by atoms with Gasteiger partial charge in [0.25, 0.3) is 0 Å². The number of para-hydroxylation sites is 1. The summed E-state index contributed by atoms with van der Waals surface area (Å²) in [6.45, 7) is 2.86. The Labute approximate surface area is 147 Å². The van der Waals surface area contributed by atoms with Crippen LogP contribution >= 0.6 is 11.3 Å². The molecule has 1 aliphatic rings. The van der Waals surface area contributed by atoms with Gasteiger partial charge in [0.1, 0.15) is 0 Å². The molecule has 0 spiro atoms. The third-order valence-electron chi connectivity index (χ3n) is 4.50. The molecule has 0 saturated carbocycles. The number of likely N-dealkylation sites (tertiary alicyclic amines) is 1. The number of nitrogens with zero attached hydrogens (tertiary/aromatic N) is 1. The van der Waals surface area contributed by atoms with Gasteiger partial charge in [0.2, 0.25) is 0 Å². The zero-order valence-electron chi connectivity index (χ0n) is 13.9. The molecule has 2 N–H and O–H groups in total. The molecule has 2 heterocycles. The molecule has 1 aromatic carbocycles. The van der Waals surface area contributed by atoms with Crippen LogP contribution in [-0.4, -0.2) is 30.6 Å². The second kappa shape index (κ2) is 8.85. The predicted octanol–water partition coefficient (Wildman–Crippen LogP) is 4.49. The van der Waals surface area contributed by atoms with E-state index in [2.05, 4.69) is 32.4 Å². The predicted molar refractivity (Wildman–Crippen MR) is 101 cm³/mol. The number of amides is 2. The van der Waals surface area contributed by atoms with Crippen LogP contribution in [0.2, 0.25) is 0 Å². The van der Waals surface area contributed by atoms with Crippen molar-refractivity contribution in [3.63, 3.8) is 0 Å². The van der Waals surface area contributed by atoms with Crippen molar-refractivity contribution >= 4 is 23.1 Å². The van der Waals surface area contributed by atoms with E-state index in [1.165, 1.54) is 31.2 Å². The van der Waals surface area contributed by atoms with Gasteiger partial charge in [0.15, 0.2) is 0 Å². The van der Waals surface area contributed by atoms with E-state index in [4.69, 9.17) is 0 Å². The first kappa shape index (κ1) is 17.0. The average Bonchev–Trinajstić information content (AvgIpc) is 2.99. The topological polar surface area (TPSA) is 44.4 Å². The second-order valence-electron chi connectivity index (χ2n) is 6.22. The number of anilines is 1. The molecular formula is C19H25N3OS. The minimum Gasteiger partial charge on any atom is -0.336 e. The molecule has 1 atom stereocenters. The maximum absolute atomic E-state index is 12.2. The van der Waals surface area contributed by atoms with Crippen LogP contribution in [0.25, 0.3) is 0 Å². The first-order valence-corrected chi connectivity index (χ1v) is 9.63. The second-order valence-corrected chi connectivity index (χ2v) is 7.00. The minimum absolute atomic E-state index is 0.142. The summed E-state index contributed by atoms with van der Waals surface area (Å²) < 4.78 is 0. The van der Waals surface area contributed by atoms with Gasteiger partial charge in [-0.3, -0.25) is 4.90 Å². The Hall–Kier alpha value is -1.85. The lowest BCUT2D eigenvalue weighted by molar-refractivity contribution is 0.199. The molecule has 1 aliphatic heterocycles. The maximum atomic E-state index is 12.2. The van der Waals surface area contributed by atoms with Crippen molar-refractivity contribution in [2.24, 2.45) is 0 Å². The van der Waals surface area contributed by atoms with Crippen LogP contribution in [0.5, 0.6) is 0 Å². The number of carbonyl (C=O) groups excluding carboxylic acids is 1. The summed E-state index contributed by atoms with van der Waals surface area (Å²) >= 11 is 1.72. The Morgan fingerprint density at radius 3 is 2.50 bits per heavy atom. The van der Waals surface area contributed by atoms with Gasteiger partial charge in [-0.25, -0.2) is 4.79 Å².